The normalized spacial score (nSPS) is 20.2. The first-order chi connectivity index (χ1) is 15.5. The number of anilines is 1. The quantitative estimate of drug-likeness (QED) is 0.616. The maximum atomic E-state index is 14.3. The highest BCUT2D eigenvalue weighted by molar-refractivity contribution is 7.90. The van der Waals surface area contributed by atoms with Crippen LogP contribution in [0.15, 0.2) is 21.6 Å². The molecule has 0 saturated carbocycles. The lowest BCUT2D eigenvalue weighted by atomic mass is 10.0. The van der Waals surface area contributed by atoms with Gasteiger partial charge in [0.15, 0.2) is 33.3 Å². The topological polar surface area (TPSA) is 106 Å². The fraction of sp³-hybridized carbons (Fsp3) is 0.571. The number of piperidine rings is 1. The lowest BCUT2D eigenvalue weighted by Crippen LogP contribution is -2.47. The van der Waals surface area contributed by atoms with Crippen molar-refractivity contribution in [1.82, 2.24) is 15.0 Å². The summed E-state index contributed by atoms with van der Waals surface area (Å²) in [7, 11) is -3.93. The minimum atomic E-state index is -3.93. The number of halogens is 2. The molecule has 0 spiro atoms. The molecule has 9 nitrogen and oxygen atoms in total. The van der Waals surface area contributed by atoms with E-state index in [-0.39, 0.29) is 17.9 Å². The molecule has 0 N–H and O–H groups in total. The number of carbonyl (C=O) groups excluding carboxylic acids is 1. The van der Waals surface area contributed by atoms with Crippen molar-refractivity contribution in [3.8, 4) is 5.75 Å². The summed E-state index contributed by atoms with van der Waals surface area (Å²) in [5.74, 6) is -2.11. The second kappa shape index (κ2) is 8.88. The molecule has 2 aliphatic heterocycles. The molecule has 2 aliphatic rings. The average Bonchev–Trinajstić information content (AvgIpc) is 3.38. The zero-order valence-corrected chi connectivity index (χ0v) is 19.4. The van der Waals surface area contributed by atoms with Gasteiger partial charge in [-0.25, -0.2) is 17.2 Å². The van der Waals surface area contributed by atoms with Crippen molar-refractivity contribution < 1.29 is 31.3 Å². The molecule has 33 heavy (non-hydrogen) atoms. The van der Waals surface area contributed by atoms with Crippen LogP contribution in [0.3, 0.4) is 0 Å². The number of nitrogens with zero attached hydrogens (tertiary/aromatic N) is 4. The number of ether oxygens (including phenoxy) is 1. The minimum absolute atomic E-state index is 0.0102. The second-order valence-electron chi connectivity index (χ2n) is 8.72. The minimum Gasteiger partial charge on any atom is -0.477 e. The number of aromatic nitrogens is 2. The van der Waals surface area contributed by atoms with Gasteiger partial charge in [0.2, 0.25) is 0 Å². The zero-order chi connectivity index (χ0) is 23.9. The van der Waals surface area contributed by atoms with Crippen molar-refractivity contribution in [2.75, 3.05) is 30.8 Å². The molecule has 2 saturated heterocycles. The summed E-state index contributed by atoms with van der Waals surface area (Å²) in [6.45, 7) is 5.70. The van der Waals surface area contributed by atoms with Crippen molar-refractivity contribution in [2.45, 2.75) is 56.1 Å². The van der Waals surface area contributed by atoms with Gasteiger partial charge < -0.3 is 19.1 Å². The molecule has 12 heteroatoms. The maximum absolute atomic E-state index is 14.3. The Balaban J connectivity index is 1.37. The zero-order valence-electron chi connectivity index (χ0n) is 18.6. The van der Waals surface area contributed by atoms with E-state index in [2.05, 4.69) is 10.1 Å². The van der Waals surface area contributed by atoms with Gasteiger partial charge in [-0.3, -0.25) is 4.79 Å². The standard InChI is InChI=1S/C21H26F2N4O5S/c1-12(2)19-24-21(32-25-19)26-7-4-13(5-8-26)27-9-6-16(20(27)28)31-17-10-15(23)18(11-14(17)22)33(3,29)30/h10-13,16H,4-9H2,1-3H3/t16-/m0/s1. The molecule has 0 unspecified atom stereocenters. The number of benzene rings is 1. The molecule has 2 fully saturated rings. The third-order valence-corrected chi connectivity index (χ3v) is 7.08. The van der Waals surface area contributed by atoms with Gasteiger partial charge in [0.1, 0.15) is 10.7 Å². The largest absolute Gasteiger partial charge is 0.477 e. The second-order valence-corrected chi connectivity index (χ2v) is 10.7. The number of rotatable bonds is 6. The molecule has 4 rings (SSSR count). The molecule has 0 bridgehead atoms. The molecule has 0 aliphatic carbocycles. The molecule has 1 aromatic heterocycles. The summed E-state index contributed by atoms with van der Waals surface area (Å²) in [5, 5.41) is 3.98. The van der Waals surface area contributed by atoms with Crippen LogP contribution < -0.4 is 9.64 Å². The lowest BCUT2D eigenvalue weighted by Gasteiger charge is -2.35. The van der Waals surface area contributed by atoms with Gasteiger partial charge >= 0.3 is 6.01 Å². The van der Waals surface area contributed by atoms with Crippen molar-refractivity contribution in [1.29, 1.82) is 0 Å². The molecule has 0 radical (unpaired) electrons. The molecule has 2 aromatic rings. The number of sulfone groups is 1. The van der Waals surface area contributed by atoms with E-state index in [4.69, 9.17) is 9.26 Å². The molecule has 1 atom stereocenters. The van der Waals surface area contributed by atoms with E-state index >= 15 is 0 Å². The predicted octanol–water partition coefficient (Wildman–Crippen LogP) is 2.52. The Morgan fingerprint density at radius 1 is 1.12 bits per heavy atom. The monoisotopic (exact) mass is 484 g/mol. The van der Waals surface area contributed by atoms with E-state index in [0.29, 0.717) is 62.9 Å². The van der Waals surface area contributed by atoms with Crippen LogP contribution in [0.5, 0.6) is 5.75 Å². The van der Waals surface area contributed by atoms with Gasteiger partial charge in [-0.15, -0.1) is 0 Å². The van der Waals surface area contributed by atoms with Gasteiger partial charge in [0, 0.05) is 50.3 Å². The van der Waals surface area contributed by atoms with Crippen LogP contribution in [0.25, 0.3) is 0 Å². The highest BCUT2D eigenvalue weighted by Gasteiger charge is 2.39. The Labute approximate surface area is 190 Å². The summed E-state index contributed by atoms with van der Waals surface area (Å²) in [5.41, 5.74) is 0. The van der Waals surface area contributed by atoms with E-state index in [1.165, 1.54) is 0 Å². The van der Waals surface area contributed by atoms with Crippen molar-refractivity contribution in [2.24, 2.45) is 0 Å². The van der Waals surface area contributed by atoms with Crippen LogP contribution in [-0.4, -0.2) is 67.4 Å². The number of amides is 1. The van der Waals surface area contributed by atoms with Crippen molar-refractivity contribution in [3.05, 3.63) is 29.6 Å². The lowest BCUT2D eigenvalue weighted by molar-refractivity contribution is -0.135. The van der Waals surface area contributed by atoms with Gasteiger partial charge in [-0.1, -0.05) is 19.0 Å². The smallest absolute Gasteiger partial charge is 0.324 e. The van der Waals surface area contributed by atoms with E-state index in [1.807, 2.05) is 18.7 Å². The van der Waals surface area contributed by atoms with Crippen molar-refractivity contribution in [3.63, 3.8) is 0 Å². The van der Waals surface area contributed by atoms with E-state index in [9.17, 15) is 22.0 Å². The summed E-state index contributed by atoms with van der Waals surface area (Å²) in [4.78, 5) is 20.3. The Morgan fingerprint density at radius 2 is 1.82 bits per heavy atom. The van der Waals surface area contributed by atoms with E-state index in [0.717, 1.165) is 6.26 Å². The van der Waals surface area contributed by atoms with Gasteiger partial charge in [-0.05, 0) is 18.9 Å². The Bertz CT molecular complexity index is 1150. The number of hydrogen-bond donors (Lipinski definition) is 0. The molecule has 3 heterocycles. The molecule has 1 aromatic carbocycles. The van der Waals surface area contributed by atoms with Crippen LogP contribution in [0, 0.1) is 11.6 Å². The van der Waals surface area contributed by atoms with Crippen LogP contribution in [0.2, 0.25) is 0 Å². The first-order valence-corrected chi connectivity index (χ1v) is 12.7. The SMILES string of the molecule is CC(C)c1noc(N2CCC(N3CC[C@H](Oc4cc(F)c(S(C)(=O)=O)cc4F)C3=O)CC2)n1. The average molecular weight is 485 g/mol. The van der Waals surface area contributed by atoms with Crippen LogP contribution in [0.1, 0.15) is 44.9 Å². The fourth-order valence-electron chi connectivity index (χ4n) is 4.14. The highest BCUT2D eigenvalue weighted by atomic mass is 32.2. The van der Waals surface area contributed by atoms with E-state index in [1.54, 1.807) is 4.90 Å². The van der Waals surface area contributed by atoms with Crippen LogP contribution in [-0.2, 0) is 14.6 Å². The molecule has 180 valence electrons. The summed E-state index contributed by atoms with van der Waals surface area (Å²) < 4.78 is 62.4. The predicted molar refractivity (Wildman–Crippen MR) is 114 cm³/mol. The molecular formula is C21H26F2N4O5S. The summed E-state index contributed by atoms with van der Waals surface area (Å²) in [6, 6.07) is 1.72. The Hall–Kier alpha value is -2.76. The first kappa shape index (κ1) is 23.4. The molecule has 1 amide bonds. The third-order valence-electron chi connectivity index (χ3n) is 5.97. The molecular weight excluding hydrogens is 458 g/mol. The number of hydrogen-bond acceptors (Lipinski definition) is 8. The number of carbonyl (C=O) groups is 1. The van der Waals surface area contributed by atoms with Gasteiger partial charge in [0.25, 0.3) is 5.91 Å². The summed E-state index contributed by atoms with van der Waals surface area (Å²) in [6.07, 6.45) is 1.56. The maximum Gasteiger partial charge on any atom is 0.324 e. The van der Waals surface area contributed by atoms with Gasteiger partial charge in [-0.2, -0.15) is 4.98 Å². The fourth-order valence-corrected chi connectivity index (χ4v) is 4.87. The van der Waals surface area contributed by atoms with Gasteiger partial charge in [0.05, 0.1) is 0 Å². The third kappa shape index (κ3) is 4.80. The Kier molecular flexibility index (Phi) is 6.30. The van der Waals surface area contributed by atoms with Crippen LogP contribution in [0.4, 0.5) is 14.8 Å². The number of likely N-dealkylation sites (tertiary alicyclic amines) is 1. The van der Waals surface area contributed by atoms with Crippen molar-refractivity contribution >= 4 is 21.8 Å². The Morgan fingerprint density at radius 3 is 2.42 bits per heavy atom. The highest BCUT2D eigenvalue weighted by Crippen LogP contribution is 2.30. The van der Waals surface area contributed by atoms with E-state index < -0.39 is 38.2 Å². The summed E-state index contributed by atoms with van der Waals surface area (Å²) >= 11 is 0. The first-order valence-electron chi connectivity index (χ1n) is 10.8. The van der Waals surface area contributed by atoms with Crippen LogP contribution >= 0.6 is 0 Å².